The second kappa shape index (κ2) is 11.9. The predicted octanol–water partition coefficient (Wildman–Crippen LogP) is 4.28. The molecule has 2 N–H and O–H groups in total. The largest absolute Gasteiger partial charge is 0.748 e. The van der Waals surface area contributed by atoms with Gasteiger partial charge in [0.05, 0.1) is 10.1 Å². The molecule has 0 bridgehead atoms. The molecule has 0 aliphatic heterocycles. The van der Waals surface area contributed by atoms with Crippen LogP contribution in [0.3, 0.4) is 0 Å². The summed E-state index contributed by atoms with van der Waals surface area (Å²) in [6.45, 7) is 8.89. The highest BCUT2D eigenvalue weighted by Gasteiger charge is 2.60. The van der Waals surface area contributed by atoms with Crippen LogP contribution in [0.1, 0.15) is 97.8 Å². The molecule has 4 saturated carbocycles. The van der Waals surface area contributed by atoms with Crippen molar-refractivity contribution in [2.24, 2.45) is 46.3 Å². The Morgan fingerprint density at radius 1 is 1.05 bits per heavy atom. The van der Waals surface area contributed by atoms with Crippen LogP contribution >= 0.6 is 0 Å². The SMILES string of the molecule is CS(=O)(=O)[O-].C[C@H](CCC[n+]1cccc(B(O)O)c1)[C@H]1CC[C@H]2[C@@H]3CC[C@@H]4CCCC[C@]4(C)[C@H]3CC[C@]12C. The highest BCUT2D eigenvalue weighted by atomic mass is 32.2. The molecule has 5 rings (SSSR count). The first-order chi connectivity index (χ1) is 17.8. The molecule has 8 heteroatoms. The van der Waals surface area contributed by atoms with Crippen LogP contribution in [0.2, 0.25) is 0 Å². The molecule has 0 saturated heterocycles. The van der Waals surface area contributed by atoms with Crippen molar-refractivity contribution < 1.29 is 27.6 Å². The van der Waals surface area contributed by atoms with Crippen molar-refractivity contribution in [3.05, 3.63) is 24.5 Å². The number of pyridine rings is 1. The van der Waals surface area contributed by atoms with Crippen molar-refractivity contribution in [3.63, 3.8) is 0 Å². The topological polar surface area (TPSA) is 102 Å². The van der Waals surface area contributed by atoms with Crippen LogP contribution in [0.15, 0.2) is 24.5 Å². The maximum absolute atomic E-state index is 9.45. The summed E-state index contributed by atoms with van der Waals surface area (Å²) in [6, 6.07) is 3.70. The van der Waals surface area contributed by atoms with E-state index in [1.54, 1.807) is 6.07 Å². The lowest BCUT2D eigenvalue weighted by atomic mass is 9.44. The van der Waals surface area contributed by atoms with Gasteiger partial charge in [0.2, 0.25) is 0 Å². The monoisotopic (exact) mass is 547 g/mol. The van der Waals surface area contributed by atoms with E-state index in [2.05, 4.69) is 25.3 Å². The molecule has 6 nitrogen and oxygen atoms in total. The number of aryl methyl sites for hydroxylation is 1. The summed E-state index contributed by atoms with van der Waals surface area (Å²) < 4.78 is 29.3. The van der Waals surface area contributed by atoms with Crippen LogP contribution in [-0.4, -0.2) is 36.4 Å². The standard InChI is InChI=1S/C29H47BNO2.CH4O3S/c1-21(8-6-18-31-19-7-10-23(20-31)30(32)33)25-13-14-26-24-12-11-22-9-4-5-16-28(22,2)27(24)15-17-29(25,26)3;1-5(2,3)4/h7,10,19-22,24-27,32-33H,4-6,8-9,11-18H2,1-3H3;1H3,(H,2,3,4)/q+1;/p-1/t21-,22+,24+,25-,26+,27+,28+,29-;/m1./s1. The molecule has 214 valence electrons. The Bertz CT molecular complexity index is 1040. The third kappa shape index (κ3) is 6.50. The molecule has 8 atom stereocenters. The van der Waals surface area contributed by atoms with E-state index in [1.807, 2.05) is 18.5 Å². The van der Waals surface area contributed by atoms with Gasteiger partial charge >= 0.3 is 7.12 Å². The van der Waals surface area contributed by atoms with Crippen LogP contribution < -0.4 is 10.0 Å². The number of hydrogen-bond acceptors (Lipinski definition) is 5. The van der Waals surface area contributed by atoms with Gasteiger partial charge in [-0.15, -0.1) is 0 Å². The molecule has 0 spiro atoms. The fraction of sp³-hybridized carbons (Fsp3) is 0.833. The van der Waals surface area contributed by atoms with E-state index in [0.29, 0.717) is 22.5 Å². The minimum atomic E-state index is -3.92. The Balaban J connectivity index is 0.000000617. The number of nitrogens with zero attached hydrogens (tertiary/aromatic N) is 1. The molecule has 38 heavy (non-hydrogen) atoms. The Hall–Kier alpha value is -0.955. The van der Waals surface area contributed by atoms with Crippen LogP contribution in [0.4, 0.5) is 0 Å². The van der Waals surface area contributed by atoms with E-state index < -0.39 is 17.2 Å². The van der Waals surface area contributed by atoms with Crippen molar-refractivity contribution in [3.8, 4) is 0 Å². The molecule has 4 aliphatic rings. The molecule has 0 aromatic carbocycles. The third-order valence-electron chi connectivity index (χ3n) is 11.6. The maximum Gasteiger partial charge on any atom is 0.494 e. The molecule has 4 aliphatic carbocycles. The van der Waals surface area contributed by atoms with Gasteiger partial charge < -0.3 is 14.6 Å². The molecular weight excluding hydrogens is 497 g/mol. The summed E-state index contributed by atoms with van der Waals surface area (Å²) in [4.78, 5) is 0. The molecular formula is C30H50BNO5S. The van der Waals surface area contributed by atoms with Crippen molar-refractivity contribution in [2.75, 3.05) is 6.26 Å². The fourth-order valence-electron chi connectivity index (χ4n) is 9.90. The third-order valence-corrected chi connectivity index (χ3v) is 11.6. The van der Waals surface area contributed by atoms with Crippen LogP contribution in [0, 0.1) is 46.3 Å². The normalized spacial score (nSPS) is 37.2. The van der Waals surface area contributed by atoms with Gasteiger partial charge in [-0.3, -0.25) is 0 Å². The predicted molar refractivity (Wildman–Crippen MR) is 150 cm³/mol. The first kappa shape index (κ1) is 30.0. The Morgan fingerprint density at radius 3 is 2.47 bits per heavy atom. The second-order valence-electron chi connectivity index (χ2n) is 13.7. The molecule has 1 aromatic heterocycles. The lowest BCUT2D eigenvalue weighted by molar-refractivity contribution is -0.696. The van der Waals surface area contributed by atoms with Gasteiger partial charge in [0.15, 0.2) is 12.4 Å². The van der Waals surface area contributed by atoms with Crippen LogP contribution in [-0.2, 0) is 16.7 Å². The quantitative estimate of drug-likeness (QED) is 0.315. The zero-order chi connectivity index (χ0) is 27.7. The molecule has 1 heterocycles. The summed E-state index contributed by atoms with van der Waals surface area (Å²) in [5.74, 6) is 5.68. The Morgan fingerprint density at radius 2 is 1.76 bits per heavy atom. The van der Waals surface area contributed by atoms with Crippen LogP contribution in [0.25, 0.3) is 0 Å². The molecule has 1 aromatic rings. The van der Waals surface area contributed by atoms with Crippen molar-refractivity contribution in [1.29, 1.82) is 0 Å². The average molecular weight is 548 g/mol. The number of rotatable bonds is 6. The summed E-state index contributed by atoms with van der Waals surface area (Å²) in [5, 5.41) is 18.9. The van der Waals surface area contributed by atoms with E-state index in [1.165, 1.54) is 77.0 Å². The molecule has 0 radical (unpaired) electrons. The summed E-state index contributed by atoms with van der Waals surface area (Å²) >= 11 is 0. The summed E-state index contributed by atoms with van der Waals surface area (Å²) in [6.07, 6.45) is 21.9. The van der Waals surface area contributed by atoms with E-state index in [0.717, 1.165) is 42.1 Å². The van der Waals surface area contributed by atoms with Gasteiger partial charge in [0.25, 0.3) is 0 Å². The fourth-order valence-corrected chi connectivity index (χ4v) is 9.90. The zero-order valence-electron chi connectivity index (χ0n) is 24.0. The minimum absolute atomic E-state index is 0.562. The molecule has 0 unspecified atom stereocenters. The highest BCUT2D eigenvalue weighted by Crippen LogP contribution is 2.68. The Kier molecular flexibility index (Phi) is 9.38. The smallest absolute Gasteiger partial charge is 0.494 e. The van der Waals surface area contributed by atoms with Gasteiger partial charge in [0.1, 0.15) is 6.54 Å². The molecule has 4 fully saturated rings. The van der Waals surface area contributed by atoms with Crippen molar-refractivity contribution >= 4 is 22.7 Å². The minimum Gasteiger partial charge on any atom is -0.748 e. The Labute approximate surface area is 231 Å². The van der Waals surface area contributed by atoms with Crippen molar-refractivity contribution in [1.82, 2.24) is 0 Å². The van der Waals surface area contributed by atoms with Gasteiger partial charge in [0, 0.05) is 24.2 Å². The van der Waals surface area contributed by atoms with E-state index >= 15 is 0 Å². The number of aromatic nitrogens is 1. The van der Waals surface area contributed by atoms with Gasteiger partial charge in [-0.25, -0.2) is 13.0 Å². The summed E-state index contributed by atoms with van der Waals surface area (Å²) in [5.41, 5.74) is 1.79. The lowest BCUT2D eigenvalue weighted by Gasteiger charge is -2.61. The van der Waals surface area contributed by atoms with Gasteiger partial charge in [-0.2, -0.15) is 0 Å². The van der Waals surface area contributed by atoms with E-state index in [9.17, 15) is 10.0 Å². The summed E-state index contributed by atoms with van der Waals surface area (Å²) in [7, 11) is -5.30. The average Bonchev–Trinajstić information content (AvgIpc) is 3.20. The number of fused-ring (bicyclic) bond motifs is 5. The van der Waals surface area contributed by atoms with Gasteiger partial charge in [-0.05, 0) is 104 Å². The molecule has 0 amide bonds. The zero-order valence-corrected chi connectivity index (χ0v) is 24.8. The number of hydrogen-bond donors (Lipinski definition) is 2. The highest BCUT2D eigenvalue weighted by molar-refractivity contribution is 7.84. The first-order valence-corrected chi connectivity index (χ1v) is 16.9. The van der Waals surface area contributed by atoms with Crippen LogP contribution in [0.5, 0.6) is 0 Å². The van der Waals surface area contributed by atoms with E-state index in [-0.39, 0.29) is 0 Å². The maximum atomic E-state index is 9.45. The lowest BCUT2D eigenvalue weighted by Crippen LogP contribution is -2.53. The van der Waals surface area contributed by atoms with Gasteiger partial charge in [-0.1, -0.05) is 39.7 Å². The van der Waals surface area contributed by atoms with E-state index in [4.69, 9.17) is 13.0 Å². The van der Waals surface area contributed by atoms with Crippen molar-refractivity contribution in [2.45, 2.75) is 104 Å². The second-order valence-corrected chi connectivity index (χ2v) is 15.1. The first-order valence-electron chi connectivity index (χ1n) is 15.1.